The van der Waals surface area contributed by atoms with E-state index in [1.165, 1.54) is 4.88 Å². The van der Waals surface area contributed by atoms with Gasteiger partial charge in [-0.3, -0.25) is 0 Å². The highest BCUT2D eigenvalue weighted by atomic mass is 35.5. The van der Waals surface area contributed by atoms with E-state index >= 15 is 0 Å². The number of halogens is 3. The summed E-state index contributed by atoms with van der Waals surface area (Å²) in [5, 5.41) is 13.9. The highest BCUT2D eigenvalue weighted by Gasteiger charge is 2.40. The Balaban J connectivity index is 1.57. The monoisotopic (exact) mass is 434 g/mol. The second kappa shape index (κ2) is 9.34. The largest absolute Gasteiger partial charge is 0.393 e. The van der Waals surface area contributed by atoms with E-state index in [0.29, 0.717) is 22.4 Å². The maximum Gasteiger partial charge on any atom is 0.0593 e. The minimum Gasteiger partial charge on any atom is -0.393 e. The molecule has 1 aliphatic rings. The van der Waals surface area contributed by atoms with E-state index in [0.717, 1.165) is 29.9 Å². The molecule has 0 amide bonds. The number of alkyl halides is 1. The minimum atomic E-state index is -0.323. The van der Waals surface area contributed by atoms with Crippen molar-refractivity contribution in [3.8, 4) is 0 Å². The van der Waals surface area contributed by atoms with E-state index in [2.05, 4.69) is 17.5 Å². The number of aryl methyl sites for hydroxylation is 1. The fourth-order valence-corrected chi connectivity index (χ4v) is 6.71. The zero-order valence-electron chi connectivity index (χ0n) is 13.7. The van der Waals surface area contributed by atoms with Crippen LogP contribution in [-0.4, -0.2) is 22.3 Å². The van der Waals surface area contributed by atoms with Crippen molar-refractivity contribution in [3.05, 3.63) is 50.6 Å². The Morgan fingerprint density at radius 3 is 2.60 bits per heavy atom. The van der Waals surface area contributed by atoms with E-state index in [4.69, 9.17) is 34.8 Å². The summed E-state index contributed by atoms with van der Waals surface area (Å²) < 4.78 is 0. The number of hydrogen-bond donors (Lipinski definition) is 1. The molecule has 3 rings (SSSR count). The predicted molar refractivity (Wildman–Crippen MR) is 112 cm³/mol. The van der Waals surface area contributed by atoms with Crippen LogP contribution in [0.2, 0.25) is 10.0 Å². The fourth-order valence-electron chi connectivity index (χ4n) is 3.53. The Morgan fingerprint density at radius 1 is 1.16 bits per heavy atom. The molecule has 0 aliphatic heterocycles. The van der Waals surface area contributed by atoms with Gasteiger partial charge in [-0.1, -0.05) is 29.3 Å². The summed E-state index contributed by atoms with van der Waals surface area (Å²) in [5.74, 6) is 1.41. The summed E-state index contributed by atoms with van der Waals surface area (Å²) >= 11 is 22.2. The van der Waals surface area contributed by atoms with Gasteiger partial charge in [-0.05, 0) is 67.2 Å². The summed E-state index contributed by atoms with van der Waals surface area (Å²) in [6, 6.07) is 9.86. The predicted octanol–water partition coefficient (Wildman–Crippen LogP) is 6.77. The van der Waals surface area contributed by atoms with Crippen LogP contribution in [0.15, 0.2) is 40.6 Å². The standard InChI is InChI=1S/C19H21Cl3OS2/c20-12-7-13(21)9-15(8-12)25-11-17-16(18(22)10-19(17)23)5-1-3-14-4-2-6-24-14/h2,4,6-9,16-19,23H,1,3,5,10-11H2/t16-,17-,18-,19-/m1/s1. The van der Waals surface area contributed by atoms with Crippen molar-refractivity contribution in [1.82, 2.24) is 0 Å². The van der Waals surface area contributed by atoms with Crippen molar-refractivity contribution in [2.75, 3.05) is 5.75 Å². The van der Waals surface area contributed by atoms with Gasteiger partial charge in [0, 0.05) is 30.9 Å². The van der Waals surface area contributed by atoms with Crippen LogP contribution in [0.1, 0.15) is 24.1 Å². The van der Waals surface area contributed by atoms with Gasteiger partial charge >= 0.3 is 0 Å². The van der Waals surface area contributed by atoms with Crippen molar-refractivity contribution in [2.45, 2.75) is 42.1 Å². The van der Waals surface area contributed by atoms with Crippen LogP contribution < -0.4 is 0 Å². The molecule has 2 aromatic rings. The molecule has 0 unspecified atom stereocenters. The van der Waals surface area contributed by atoms with Crippen molar-refractivity contribution in [2.24, 2.45) is 11.8 Å². The fraction of sp³-hybridized carbons (Fsp3) is 0.474. The molecule has 0 spiro atoms. The third-order valence-electron chi connectivity index (χ3n) is 4.79. The van der Waals surface area contributed by atoms with Gasteiger partial charge in [0.2, 0.25) is 0 Å². The summed E-state index contributed by atoms with van der Waals surface area (Å²) in [7, 11) is 0. The van der Waals surface area contributed by atoms with E-state index in [1.54, 1.807) is 29.2 Å². The maximum absolute atomic E-state index is 10.5. The van der Waals surface area contributed by atoms with Crippen molar-refractivity contribution in [1.29, 1.82) is 0 Å². The highest BCUT2D eigenvalue weighted by molar-refractivity contribution is 7.99. The third kappa shape index (κ3) is 5.54. The van der Waals surface area contributed by atoms with Gasteiger partial charge in [-0.25, -0.2) is 0 Å². The summed E-state index contributed by atoms with van der Waals surface area (Å²) in [6.45, 7) is 0. The summed E-state index contributed by atoms with van der Waals surface area (Å²) in [5.41, 5.74) is 0. The first-order chi connectivity index (χ1) is 12.0. The van der Waals surface area contributed by atoms with Crippen molar-refractivity contribution >= 4 is 57.9 Å². The number of thiophene rings is 1. The van der Waals surface area contributed by atoms with Crippen molar-refractivity contribution < 1.29 is 5.11 Å². The van der Waals surface area contributed by atoms with Crippen LogP contribution in [0, 0.1) is 11.8 Å². The number of rotatable bonds is 7. The molecule has 0 bridgehead atoms. The summed E-state index contributed by atoms with van der Waals surface area (Å²) in [4.78, 5) is 2.46. The van der Waals surface area contributed by atoms with Gasteiger partial charge in [0.25, 0.3) is 0 Å². The normalized spacial score (nSPS) is 26.2. The lowest BCUT2D eigenvalue weighted by Gasteiger charge is -2.23. The molecule has 4 atom stereocenters. The maximum atomic E-state index is 10.5. The van der Waals surface area contributed by atoms with E-state index < -0.39 is 0 Å². The SMILES string of the molecule is O[C@@H]1C[C@@H](Cl)[C@H](CCCc2cccs2)[C@H]1CSc1cc(Cl)cc(Cl)c1. The number of benzene rings is 1. The molecule has 1 N–H and O–H groups in total. The molecule has 6 heteroatoms. The molecule has 1 fully saturated rings. The average Bonchev–Trinajstić information content (AvgIpc) is 3.14. The molecule has 1 aromatic heterocycles. The Bertz CT molecular complexity index is 657. The molecule has 0 saturated heterocycles. The average molecular weight is 436 g/mol. The number of aliphatic hydroxyl groups is 1. The van der Waals surface area contributed by atoms with Gasteiger partial charge in [0.1, 0.15) is 0 Å². The van der Waals surface area contributed by atoms with E-state index in [1.807, 2.05) is 12.1 Å². The van der Waals surface area contributed by atoms with Gasteiger partial charge in [0.15, 0.2) is 0 Å². The molecule has 1 nitrogen and oxygen atoms in total. The molecule has 136 valence electrons. The lowest BCUT2D eigenvalue weighted by molar-refractivity contribution is 0.128. The zero-order valence-corrected chi connectivity index (χ0v) is 17.6. The first kappa shape index (κ1) is 19.9. The summed E-state index contributed by atoms with van der Waals surface area (Å²) in [6.07, 6.45) is 3.64. The van der Waals surface area contributed by atoms with Crippen molar-refractivity contribution in [3.63, 3.8) is 0 Å². The second-order valence-electron chi connectivity index (χ2n) is 6.53. The smallest absolute Gasteiger partial charge is 0.0593 e. The highest BCUT2D eigenvalue weighted by Crippen LogP contribution is 2.42. The molecule has 1 aromatic carbocycles. The molecule has 1 saturated carbocycles. The lowest BCUT2D eigenvalue weighted by Crippen LogP contribution is -2.23. The molecule has 0 radical (unpaired) electrons. The van der Waals surface area contributed by atoms with Crippen LogP contribution in [0.25, 0.3) is 0 Å². The first-order valence-electron chi connectivity index (χ1n) is 8.46. The first-order valence-corrected chi connectivity index (χ1v) is 11.5. The zero-order chi connectivity index (χ0) is 17.8. The quantitative estimate of drug-likeness (QED) is 0.382. The topological polar surface area (TPSA) is 20.2 Å². The van der Waals surface area contributed by atoms with Gasteiger partial charge in [0.05, 0.1) is 6.10 Å². The van der Waals surface area contributed by atoms with Crippen LogP contribution in [0.5, 0.6) is 0 Å². The molecule has 1 aliphatic carbocycles. The van der Waals surface area contributed by atoms with Crippen LogP contribution in [0.3, 0.4) is 0 Å². The lowest BCUT2D eigenvalue weighted by atomic mass is 9.91. The number of aliphatic hydroxyl groups excluding tert-OH is 1. The Hall–Kier alpha value is 0.1000. The van der Waals surface area contributed by atoms with E-state index in [-0.39, 0.29) is 17.4 Å². The number of thioether (sulfide) groups is 1. The second-order valence-corrected chi connectivity index (χ2v) is 10.1. The Morgan fingerprint density at radius 2 is 1.92 bits per heavy atom. The minimum absolute atomic E-state index is 0.0619. The third-order valence-corrected chi connectivity index (χ3v) is 7.79. The molecule has 1 heterocycles. The van der Waals surface area contributed by atoms with Crippen LogP contribution >= 0.6 is 57.9 Å². The Labute approximate surface area is 172 Å². The van der Waals surface area contributed by atoms with E-state index in [9.17, 15) is 5.11 Å². The van der Waals surface area contributed by atoms with Crippen LogP contribution in [-0.2, 0) is 6.42 Å². The van der Waals surface area contributed by atoms with Gasteiger partial charge in [-0.15, -0.1) is 34.7 Å². The van der Waals surface area contributed by atoms with Gasteiger partial charge in [-0.2, -0.15) is 0 Å². The molecular weight excluding hydrogens is 415 g/mol. The Kier molecular flexibility index (Phi) is 7.42. The molecular formula is C19H21Cl3OS2. The van der Waals surface area contributed by atoms with Crippen LogP contribution in [0.4, 0.5) is 0 Å². The number of hydrogen-bond acceptors (Lipinski definition) is 3. The van der Waals surface area contributed by atoms with Gasteiger partial charge < -0.3 is 5.11 Å². The molecule has 25 heavy (non-hydrogen) atoms.